The average molecular weight is 208 g/mol. The van der Waals surface area contributed by atoms with Crippen LogP contribution in [0.3, 0.4) is 0 Å². The summed E-state index contributed by atoms with van der Waals surface area (Å²) >= 11 is 0. The molecule has 15 heavy (non-hydrogen) atoms. The predicted octanol–water partition coefficient (Wildman–Crippen LogP) is 3.10. The van der Waals surface area contributed by atoms with Crippen LogP contribution in [-0.4, -0.2) is 5.97 Å². The molecule has 0 atom stereocenters. The molecule has 82 valence electrons. The highest BCUT2D eigenvalue weighted by Gasteiger charge is 2.04. The van der Waals surface area contributed by atoms with Crippen molar-refractivity contribution in [3.8, 4) is 5.75 Å². The smallest absolute Gasteiger partial charge is 0.287 e. The van der Waals surface area contributed by atoms with Crippen LogP contribution in [0.1, 0.15) is 32.6 Å². The van der Waals surface area contributed by atoms with E-state index in [1.54, 1.807) is 12.1 Å². The van der Waals surface area contributed by atoms with Gasteiger partial charge in [0.1, 0.15) is 0 Å². The van der Waals surface area contributed by atoms with Crippen molar-refractivity contribution >= 4 is 5.97 Å². The molecule has 0 heterocycles. The molecule has 0 aromatic heterocycles. The van der Waals surface area contributed by atoms with E-state index in [0.717, 1.165) is 19.3 Å². The van der Waals surface area contributed by atoms with Crippen LogP contribution in [0.25, 0.3) is 0 Å². The predicted molar refractivity (Wildman–Crippen MR) is 57.3 cm³/mol. The lowest BCUT2D eigenvalue weighted by molar-refractivity contribution is -0.213. The maximum absolute atomic E-state index is 11.1. The Bertz CT molecular complexity index is 282. The summed E-state index contributed by atoms with van der Waals surface area (Å²) in [5.41, 5.74) is 0. The molecule has 1 aromatic carbocycles. The third kappa shape index (κ3) is 5.05. The number of benzene rings is 1. The number of carbonyl (C=O) groups excluding carboxylic acids is 1. The largest absolute Gasteiger partial charge is 0.355 e. The highest BCUT2D eigenvalue weighted by atomic mass is 17.2. The number of hydrogen-bond donors (Lipinski definition) is 0. The lowest BCUT2D eigenvalue weighted by atomic mass is 10.2. The molecule has 0 radical (unpaired) electrons. The Morgan fingerprint density at radius 1 is 1.20 bits per heavy atom. The molecule has 0 bridgehead atoms. The minimum absolute atomic E-state index is 0.313. The van der Waals surface area contributed by atoms with E-state index in [-0.39, 0.29) is 5.97 Å². The van der Waals surface area contributed by atoms with Crippen LogP contribution in [0.5, 0.6) is 5.75 Å². The molecule has 1 aromatic rings. The molecular weight excluding hydrogens is 192 g/mol. The van der Waals surface area contributed by atoms with Gasteiger partial charge in [-0.2, -0.15) is 0 Å². The summed E-state index contributed by atoms with van der Waals surface area (Å²) in [6.07, 6.45) is 3.40. The first-order valence-electron chi connectivity index (χ1n) is 5.25. The second kappa shape index (κ2) is 6.87. The highest BCUT2D eigenvalue weighted by Crippen LogP contribution is 2.09. The number of rotatable bonds is 6. The molecule has 1 rings (SSSR count). The average Bonchev–Trinajstić information content (AvgIpc) is 2.28. The summed E-state index contributed by atoms with van der Waals surface area (Å²) in [7, 11) is 0. The summed E-state index contributed by atoms with van der Waals surface area (Å²) in [6.45, 7) is 2.09. The van der Waals surface area contributed by atoms with Gasteiger partial charge in [0.25, 0.3) is 0 Å². The molecule has 0 N–H and O–H groups in total. The van der Waals surface area contributed by atoms with Gasteiger partial charge in [-0.1, -0.05) is 38.0 Å². The van der Waals surface area contributed by atoms with E-state index in [2.05, 4.69) is 11.8 Å². The Balaban J connectivity index is 2.17. The highest BCUT2D eigenvalue weighted by molar-refractivity contribution is 5.68. The molecule has 0 fully saturated rings. The Kier molecular flexibility index (Phi) is 5.30. The molecule has 0 unspecified atom stereocenters. The van der Waals surface area contributed by atoms with E-state index >= 15 is 0 Å². The first kappa shape index (κ1) is 11.6. The van der Waals surface area contributed by atoms with Crippen molar-refractivity contribution in [1.82, 2.24) is 0 Å². The Labute approximate surface area is 89.9 Å². The van der Waals surface area contributed by atoms with E-state index in [1.165, 1.54) is 0 Å². The fourth-order valence-electron chi connectivity index (χ4n) is 1.13. The summed E-state index contributed by atoms with van der Waals surface area (Å²) < 4.78 is 0. The summed E-state index contributed by atoms with van der Waals surface area (Å²) in [5, 5.41) is 0. The fraction of sp³-hybridized carbons (Fsp3) is 0.417. The fourth-order valence-corrected chi connectivity index (χ4v) is 1.13. The maximum atomic E-state index is 11.1. The van der Waals surface area contributed by atoms with Crippen LogP contribution in [0.15, 0.2) is 30.3 Å². The Morgan fingerprint density at radius 3 is 2.60 bits per heavy atom. The van der Waals surface area contributed by atoms with Gasteiger partial charge in [0.15, 0.2) is 5.75 Å². The van der Waals surface area contributed by atoms with Crippen molar-refractivity contribution in [1.29, 1.82) is 0 Å². The second-order valence-electron chi connectivity index (χ2n) is 3.31. The Hall–Kier alpha value is -1.51. The topological polar surface area (TPSA) is 35.5 Å². The number of carbonyl (C=O) groups is 1. The van der Waals surface area contributed by atoms with E-state index in [4.69, 9.17) is 4.89 Å². The van der Waals surface area contributed by atoms with Gasteiger partial charge in [0.05, 0.1) is 6.42 Å². The quantitative estimate of drug-likeness (QED) is 0.409. The number of hydrogen-bond acceptors (Lipinski definition) is 3. The molecule has 0 saturated carbocycles. The Morgan fingerprint density at radius 2 is 1.93 bits per heavy atom. The molecule has 0 aliphatic heterocycles. The van der Waals surface area contributed by atoms with Crippen LogP contribution >= 0.6 is 0 Å². The van der Waals surface area contributed by atoms with Crippen molar-refractivity contribution in [2.24, 2.45) is 0 Å². The van der Waals surface area contributed by atoms with E-state index in [1.807, 2.05) is 18.2 Å². The third-order valence-electron chi connectivity index (χ3n) is 1.96. The van der Waals surface area contributed by atoms with Crippen LogP contribution in [0.4, 0.5) is 0 Å². The summed E-state index contributed by atoms with van der Waals surface area (Å²) in [4.78, 5) is 20.6. The molecule has 3 nitrogen and oxygen atoms in total. The zero-order chi connectivity index (χ0) is 10.9. The first-order chi connectivity index (χ1) is 7.33. The standard InChI is InChI=1S/C12H16O3/c1-2-3-5-10-12(13)15-14-11-8-6-4-7-9-11/h4,6-9H,2-3,5,10H2,1H3. The van der Waals surface area contributed by atoms with E-state index in [9.17, 15) is 4.79 Å². The van der Waals surface area contributed by atoms with Crippen molar-refractivity contribution < 1.29 is 14.6 Å². The van der Waals surface area contributed by atoms with Gasteiger partial charge in [-0.25, -0.2) is 4.79 Å². The molecule has 0 saturated heterocycles. The molecule has 0 aliphatic carbocycles. The molecular formula is C12H16O3. The van der Waals surface area contributed by atoms with Crippen molar-refractivity contribution in [2.75, 3.05) is 0 Å². The van der Waals surface area contributed by atoms with Crippen molar-refractivity contribution in [3.63, 3.8) is 0 Å². The SMILES string of the molecule is CCCCCC(=O)OOc1ccccc1. The number of para-hydroxylation sites is 1. The van der Waals surface area contributed by atoms with Crippen LogP contribution in [-0.2, 0) is 9.68 Å². The number of unbranched alkanes of at least 4 members (excludes halogenated alkanes) is 2. The van der Waals surface area contributed by atoms with Gasteiger partial charge in [-0.05, 0) is 18.6 Å². The molecule has 0 spiro atoms. The first-order valence-corrected chi connectivity index (χ1v) is 5.25. The maximum Gasteiger partial charge on any atom is 0.355 e. The monoisotopic (exact) mass is 208 g/mol. The van der Waals surface area contributed by atoms with Crippen LogP contribution < -0.4 is 4.89 Å². The van der Waals surface area contributed by atoms with Gasteiger partial charge >= 0.3 is 5.97 Å². The van der Waals surface area contributed by atoms with Gasteiger partial charge < -0.3 is 0 Å². The summed E-state index contributed by atoms with van der Waals surface area (Å²) in [5.74, 6) is 0.230. The lowest BCUT2D eigenvalue weighted by Gasteiger charge is -2.03. The lowest BCUT2D eigenvalue weighted by Crippen LogP contribution is -2.07. The van der Waals surface area contributed by atoms with Gasteiger partial charge in [-0.15, -0.1) is 0 Å². The zero-order valence-electron chi connectivity index (χ0n) is 8.94. The summed E-state index contributed by atoms with van der Waals surface area (Å²) in [6, 6.07) is 8.98. The van der Waals surface area contributed by atoms with Gasteiger partial charge in [0.2, 0.25) is 0 Å². The third-order valence-corrected chi connectivity index (χ3v) is 1.96. The normalized spacial score (nSPS) is 9.67. The van der Waals surface area contributed by atoms with Crippen molar-refractivity contribution in [2.45, 2.75) is 32.6 Å². The minimum atomic E-state index is -0.313. The second-order valence-corrected chi connectivity index (χ2v) is 3.31. The minimum Gasteiger partial charge on any atom is -0.287 e. The molecule has 0 amide bonds. The van der Waals surface area contributed by atoms with Crippen molar-refractivity contribution in [3.05, 3.63) is 30.3 Å². The van der Waals surface area contributed by atoms with Crippen LogP contribution in [0, 0.1) is 0 Å². The zero-order valence-corrected chi connectivity index (χ0v) is 8.94. The molecule has 0 aliphatic rings. The van der Waals surface area contributed by atoms with E-state index in [0.29, 0.717) is 12.2 Å². The van der Waals surface area contributed by atoms with E-state index < -0.39 is 0 Å². The van der Waals surface area contributed by atoms with Gasteiger partial charge in [-0.3, -0.25) is 9.78 Å². The van der Waals surface area contributed by atoms with Crippen LogP contribution in [0.2, 0.25) is 0 Å². The van der Waals surface area contributed by atoms with Gasteiger partial charge in [0, 0.05) is 0 Å². The molecule has 3 heteroatoms.